The number of carbonyl (C=O) groups is 4. The van der Waals surface area contributed by atoms with Crippen LogP contribution in [0.3, 0.4) is 0 Å². The number of para-hydroxylation sites is 1. The first kappa shape index (κ1) is 23.6. The molecule has 0 spiro atoms. The highest BCUT2D eigenvalue weighted by atomic mass is 35.5. The number of thioether (sulfide) groups is 1. The quantitative estimate of drug-likeness (QED) is 0.408. The number of fused-ring (bicyclic) bond motifs is 1. The normalized spacial score (nSPS) is 14.8. The molecular formula is C24H20ClN3O5S. The fourth-order valence-electron chi connectivity index (χ4n) is 3.71. The Hall–Kier alpha value is -3.56. The van der Waals surface area contributed by atoms with Crippen molar-refractivity contribution in [3.05, 3.63) is 69.2 Å². The topological polar surface area (TPSA) is 97.7 Å². The second kappa shape index (κ2) is 9.36. The molecule has 3 aromatic rings. The molecule has 1 aliphatic rings. The van der Waals surface area contributed by atoms with Crippen molar-refractivity contribution in [2.75, 3.05) is 19.0 Å². The molecule has 1 aliphatic heterocycles. The third-order valence-corrected chi connectivity index (χ3v) is 6.79. The molecular weight excluding hydrogens is 478 g/mol. The summed E-state index contributed by atoms with van der Waals surface area (Å²) in [6, 6.07) is 12.1. The number of halogens is 1. The predicted octanol–water partition coefficient (Wildman–Crippen LogP) is 4.60. The molecule has 10 heteroatoms. The Labute approximate surface area is 204 Å². The number of hydrogen-bond acceptors (Lipinski definition) is 6. The Kier molecular flexibility index (Phi) is 6.49. The number of hydrogen-bond donors (Lipinski definition) is 1. The summed E-state index contributed by atoms with van der Waals surface area (Å²) in [4.78, 5) is 51.0. The fraction of sp³-hybridized carbons (Fsp3) is 0.167. The first-order valence-electron chi connectivity index (χ1n) is 10.2. The van der Waals surface area contributed by atoms with E-state index >= 15 is 0 Å². The lowest BCUT2D eigenvalue weighted by Crippen LogP contribution is -2.36. The molecule has 0 saturated carbocycles. The van der Waals surface area contributed by atoms with Gasteiger partial charge < -0.3 is 14.6 Å². The predicted molar refractivity (Wildman–Crippen MR) is 132 cm³/mol. The maximum absolute atomic E-state index is 12.9. The minimum atomic E-state index is -0.652. The minimum absolute atomic E-state index is 0.0847. The Morgan fingerprint density at radius 3 is 2.65 bits per heavy atom. The third kappa shape index (κ3) is 4.32. The largest absolute Gasteiger partial charge is 0.465 e. The molecule has 8 nitrogen and oxygen atoms in total. The Morgan fingerprint density at radius 1 is 1.18 bits per heavy atom. The van der Waals surface area contributed by atoms with E-state index in [1.54, 1.807) is 6.08 Å². The van der Waals surface area contributed by atoms with Gasteiger partial charge in [0.1, 0.15) is 6.54 Å². The van der Waals surface area contributed by atoms with Crippen LogP contribution in [0.1, 0.15) is 21.6 Å². The maximum Gasteiger partial charge on any atom is 0.339 e. The van der Waals surface area contributed by atoms with Crippen molar-refractivity contribution in [3.63, 3.8) is 0 Å². The number of aryl methyl sites for hydroxylation is 1. The summed E-state index contributed by atoms with van der Waals surface area (Å²) < 4.78 is 6.69. The smallest absolute Gasteiger partial charge is 0.339 e. The van der Waals surface area contributed by atoms with Crippen LogP contribution in [0.15, 0.2) is 47.4 Å². The van der Waals surface area contributed by atoms with E-state index in [9.17, 15) is 19.2 Å². The van der Waals surface area contributed by atoms with Crippen LogP contribution >= 0.6 is 23.4 Å². The van der Waals surface area contributed by atoms with Crippen LogP contribution in [0.4, 0.5) is 10.5 Å². The molecule has 1 N–H and O–H groups in total. The highest BCUT2D eigenvalue weighted by Crippen LogP contribution is 2.35. The van der Waals surface area contributed by atoms with Crippen LogP contribution in [0.2, 0.25) is 5.02 Å². The molecule has 34 heavy (non-hydrogen) atoms. The molecule has 1 fully saturated rings. The van der Waals surface area contributed by atoms with Crippen LogP contribution in [0.5, 0.6) is 0 Å². The first-order valence-corrected chi connectivity index (χ1v) is 11.4. The average Bonchev–Trinajstić information content (AvgIpc) is 3.22. The van der Waals surface area contributed by atoms with Gasteiger partial charge in [-0.2, -0.15) is 0 Å². The lowest BCUT2D eigenvalue weighted by molar-refractivity contribution is -0.127. The number of anilines is 1. The summed E-state index contributed by atoms with van der Waals surface area (Å²) in [5, 5.41) is 3.18. The summed E-state index contributed by atoms with van der Waals surface area (Å²) in [5.41, 5.74) is 3.18. The summed E-state index contributed by atoms with van der Waals surface area (Å²) in [7, 11) is 3.16. The van der Waals surface area contributed by atoms with E-state index in [1.165, 1.54) is 25.3 Å². The van der Waals surface area contributed by atoms with Crippen LogP contribution in [0, 0.1) is 6.92 Å². The Bertz CT molecular complexity index is 1390. The maximum atomic E-state index is 12.9. The van der Waals surface area contributed by atoms with Crippen molar-refractivity contribution in [1.82, 2.24) is 9.47 Å². The van der Waals surface area contributed by atoms with Gasteiger partial charge in [0.15, 0.2) is 0 Å². The number of benzene rings is 2. The van der Waals surface area contributed by atoms with Crippen molar-refractivity contribution in [3.8, 4) is 0 Å². The SMILES string of the molecule is COC(=O)c1cc(NC(=O)CN2C(=O)S/C(=C\c3c(C)n(C)c4ccccc34)C2=O)ccc1Cl. The molecule has 174 valence electrons. The number of esters is 1. The van der Waals surface area contributed by atoms with E-state index in [-0.39, 0.29) is 21.2 Å². The van der Waals surface area contributed by atoms with E-state index < -0.39 is 29.6 Å². The summed E-state index contributed by atoms with van der Waals surface area (Å²) >= 11 is 6.79. The van der Waals surface area contributed by atoms with E-state index in [2.05, 4.69) is 10.1 Å². The molecule has 2 heterocycles. The summed E-state index contributed by atoms with van der Waals surface area (Å²) in [6.45, 7) is 1.48. The van der Waals surface area contributed by atoms with Gasteiger partial charge in [0.2, 0.25) is 5.91 Å². The van der Waals surface area contributed by atoms with Crippen LogP contribution < -0.4 is 5.32 Å². The van der Waals surface area contributed by atoms with Crippen LogP contribution in [-0.2, 0) is 21.4 Å². The molecule has 0 bridgehead atoms. The minimum Gasteiger partial charge on any atom is -0.465 e. The van der Waals surface area contributed by atoms with Gasteiger partial charge in [-0.05, 0) is 49.0 Å². The molecule has 4 rings (SSSR count). The van der Waals surface area contributed by atoms with Gasteiger partial charge >= 0.3 is 5.97 Å². The number of nitrogens with one attached hydrogen (secondary N) is 1. The van der Waals surface area contributed by atoms with Crippen molar-refractivity contribution < 1.29 is 23.9 Å². The van der Waals surface area contributed by atoms with E-state index in [0.717, 1.165) is 38.8 Å². The second-order valence-electron chi connectivity index (χ2n) is 7.58. The van der Waals surface area contributed by atoms with Gasteiger partial charge in [-0.3, -0.25) is 19.3 Å². The Balaban J connectivity index is 1.53. The van der Waals surface area contributed by atoms with Gasteiger partial charge in [0.25, 0.3) is 11.1 Å². The van der Waals surface area contributed by atoms with Crippen molar-refractivity contribution in [2.45, 2.75) is 6.92 Å². The molecule has 0 atom stereocenters. The molecule has 0 unspecified atom stereocenters. The number of ether oxygens (including phenoxy) is 1. The molecule has 2 aromatic carbocycles. The zero-order valence-electron chi connectivity index (χ0n) is 18.5. The van der Waals surface area contributed by atoms with Crippen LogP contribution in [-0.4, -0.2) is 46.1 Å². The molecule has 0 aliphatic carbocycles. The first-order chi connectivity index (χ1) is 16.2. The molecule has 1 aromatic heterocycles. The van der Waals surface area contributed by atoms with Gasteiger partial charge in [-0.25, -0.2) is 4.79 Å². The van der Waals surface area contributed by atoms with Crippen molar-refractivity contribution >= 4 is 69.1 Å². The number of rotatable bonds is 5. The number of imide groups is 1. The summed E-state index contributed by atoms with van der Waals surface area (Å²) in [5.74, 6) is -1.78. The van der Waals surface area contributed by atoms with E-state index in [1.807, 2.05) is 42.8 Å². The standard InChI is InChI=1S/C24H20ClN3O5S/c1-13-16(15-6-4-5-7-19(15)27(13)2)11-20-22(30)28(24(32)34-20)12-21(29)26-14-8-9-18(25)17(10-14)23(31)33-3/h4-11H,12H2,1-3H3,(H,26,29)/b20-11-. The van der Waals surface area contributed by atoms with Gasteiger partial charge in [0.05, 0.1) is 22.6 Å². The van der Waals surface area contributed by atoms with Crippen molar-refractivity contribution in [2.24, 2.45) is 7.05 Å². The van der Waals surface area contributed by atoms with Gasteiger partial charge in [0, 0.05) is 34.9 Å². The highest BCUT2D eigenvalue weighted by Gasteiger charge is 2.36. The van der Waals surface area contributed by atoms with Crippen molar-refractivity contribution in [1.29, 1.82) is 0 Å². The average molecular weight is 498 g/mol. The zero-order chi connectivity index (χ0) is 24.6. The van der Waals surface area contributed by atoms with Gasteiger partial charge in [-0.1, -0.05) is 29.8 Å². The van der Waals surface area contributed by atoms with Gasteiger partial charge in [-0.15, -0.1) is 0 Å². The number of aromatic nitrogens is 1. The lowest BCUT2D eigenvalue weighted by Gasteiger charge is -2.13. The number of methoxy groups -OCH3 is 1. The zero-order valence-corrected chi connectivity index (χ0v) is 20.1. The monoisotopic (exact) mass is 497 g/mol. The highest BCUT2D eigenvalue weighted by molar-refractivity contribution is 8.18. The molecule has 0 radical (unpaired) electrons. The van der Waals surface area contributed by atoms with E-state index in [4.69, 9.17) is 11.6 Å². The number of nitrogens with zero attached hydrogens (tertiary/aromatic N) is 2. The second-order valence-corrected chi connectivity index (χ2v) is 8.98. The number of amides is 3. The third-order valence-electron chi connectivity index (χ3n) is 5.55. The number of carbonyl (C=O) groups excluding carboxylic acids is 4. The van der Waals surface area contributed by atoms with E-state index in [0.29, 0.717) is 0 Å². The molecule has 1 saturated heterocycles. The molecule has 3 amide bonds. The summed E-state index contributed by atoms with van der Waals surface area (Å²) in [6.07, 6.45) is 1.70. The Morgan fingerprint density at radius 2 is 1.91 bits per heavy atom. The van der Waals surface area contributed by atoms with Crippen LogP contribution in [0.25, 0.3) is 17.0 Å². The lowest BCUT2D eigenvalue weighted by atomic mass is 10.1. The fourth-order valence-corrected chi connectivity index (χ4v) is 4.73.